The molecule has 1 aliphatic carbocycles. The van der Waals surface area contributed by atoms with Gasteiger partial charge in [-0.2, -0.15) is 0 Å². The third-order valence-electron chi connectivity index (χ3n) is 4.31. The molecule has 0 saturated heterocycles. The molecule has 0 atom stereocenters. The minimum absolute atomic E-state index is 0.105. The molecule has 1 saturated carbocycles. The molecule has 2 N–H and O–H groups in total. The molecule has 0 heterocycles. The van der Waals surface area contributed by atoms with Gasteiger partial charge in [0.05, 0.1) is 5.60 Å². The smallest absolute Gasteiger partial charge is 0.253 e. The van der Waals surface area contributed by atoms with Crippen LogP contribution in [0.15, 0.2) is 24.3 Å². The summed E-state index contributed by atoms with van der Waals surface area (Å²) in [7, 11) is 1.73. The van der Waals surface area contributed by atoms with Gasteiger partial charge in [-0.05, 0) is 38.0 Å². The first-order valence-corrected chi connectivity index (χ1v) is 7.81. The normalized spacial score (nSPS) is 16.3. The Morgan fingerprint density at radius 1 is 1.27 bits per heavy atom. The number of aliphatic hydroxyl groups is 1. The van der Waals surface area contributed by atoms with Gasteiger partial charge in [0.2, 0.25) is 0 Å². The number of nitrogens with zero attached hydrogens (tertiary/aromatic N) is 1. The molecule has 0 radical (unpaired) electrons. The van der Waals surface area contributed by atoms with Crippen LogP contribution < -0.4 is 5.32 Å². The van der Waals surface area contributed by atoms with Crippen molar-refractivity contribution in [1.29, 1.82) is 0 Å². The zero-order valence-electron chi connectivity index (χ0n) is 13.3. The number of rotatable bonds is 5. The minimum atomic E-state index is -0.772. The Labute approximate surface area is 131 Å². The summed E-state index contributed by atoms with van der Waals surface area (Å²) in [6, 6.07) is 6.69. The molecule has 2 rings (SSSR count). The number of carbonyl (C=O) groups is 2. The lowest BCUT2D eigenvalue weighted by Crippen LogP contribution is -2.40. The first-order chi connectivity index (χ1) is 10.4. The fourth-order valence-corrected chi connectivity index (χ4v) is 2.71. The highest BCUT2D eigenvalue weighted by molar-refractivity contribution is 5.99. The van der Waals surface area contributed by atoms with Crippen LogP contribution in [0.2, 0.25) is 0 Å². The second-order valence-corrected chi connectivity index (χ2v) is 6.01. The third kappa shape index (κ3) is 3.85. The van der Waals surface area contributed by atoms with Gasteiger partial charge in [-0.15, -0.1) is 0 Å². The summed E-state index contributed by atoms with van der Waals surface area (Å²) in [5, 5.41) is 13.0. The van der Waals surface area contributed by atoms with Crippen LogP contribution in [0.4, 0.5) is 0 Å². The Kier molecular flexibility index (Phi) is 5.19. The molecule has 0 unspecified atom stereocenters. The van der Waals surface area contributed by atoms with Gasteiger partial charge in [0.1, 0.15) is 0 Å². The van der Waals surface area contributed by atoms with Crippen LogP contribution >= 0.6 is 0 Å². The maximum atomic E-state index is 12.2. The SMILES string of the molecule is CCN(C)C(=O)c1cccc(C(=O)NCC2(O)CCCC2)c1. The van der Waals surface area contributed by atoms with Crippen LogP contribution in [0.5, 0.6) is 0 Å². The Bertz CT molecular complexity index is 551. The summed E-state index contributed by atoms with van der Waals surface area (Å²) in [6.45, 7) is 2.78. The first kappa shape index (κ1) is 16.5. The van der Waals surface area contributed by atoms with E-state index in [2.05, 4.69) is 5.32 Å². The van der Waals surface area contributed by atoms with Gasteiger partial charge in [0.15, 0.2) is 0 Å². The summed E-state index contributed by atoms with van der Waals surface area (Å²) >= 11 is 0. The molecule has 1 aromatic carbocycles. The maximum Gasteiger partial charge on any atom is 0.253 e. The zero-order chi connectivity index (χ0) is 16.2. The van der Waals surface area contributed by atoms with E-state index in [0.29, 0.717) is 17.7 Å². The van der Waals surface area contributed by atoms with Crippen LogP contribution in [-0.4, -0.2) is 47.6 Å². The number of hydrogen-bond donors (Lipinski definition) is 2. The lowest BCUT2D eigenvalue weighted by Gasteiger charge is -2.22. The van der Waals surface area contributed by atoms with Crippen molar-refractivity contribution in [1.82, 2.24) is 10.2 Å². The van der Waals surface area contributed by atoms with E-state index in [4.69, 9.17) is 0 Å². The third-order valence-corrected chi connectivity index (χ3v) is 4.31. The van der Waals surface area contributed by atoms with Crippen LogP contribution in [-0.2, 0) is 0 Å². The lowest BCUT2D eigenvalue weighted by molar-refractivity contribution is 0.0449. The predicted molar refractivity (Wildman–Crippen MR) is 84.8 cm³/mol. The van der Waals surface area contributed by atoms with E-state index in [-0.39, 0.29) is 18.4 Å². The van der Waals surface area contributed by atoms with Crippen molar-refractivity contribution < 1.29 is 14.7 Å². The number of benzene rings is 1. The highest BCUT2D eigenvalue weighted by Crippen LogP contribution is 2.28. The number of amides is 2. The van der Waals surface area contributed by atoms with Gasteiger partial charge in [0.25, 0.3) is 11.8 Å². The van der Waals surface area contributed by atoms with Crippen molar-refractivity contribution in [2.75, 3.05) is 20.1 Å². The average Bonchev–Trinajstić information content (AvgIpc) is 2.98. The van der Waals surface area contributed by atoms with Crippen LogP contribution in [0.1, 0.15) is 53.3 Å². The van der Waals surface area contributed by atoms with Gasteiger partial charge in [-0.3, -0.25) is 9.59 Å². The van der Waals surface area contributed by atoms with Gasteiger partial charge < -0.3 is 15.3 Å². The predicted octanol–water partition coefficient (Wildman–Crippen LogP) is 1.81. The molecule has 1 fully saturated rings. The molecule has 22 heavy (non-hydrogen) atoms. The molecule has 5 heteroatoms. The molecule has 0 bridgehead atoms. The summed E-state index contributed by atoms with van der Waals surface area (Å²) in [5.41, 5.74) is 0.166. The molecule has 5 nitrogen and oxygen atoms in total. The van der Waals surface area contributed by atoms with E-state index in [0.717, 1.165) is 25.7 Å². The van der Waals surface area contributed by atoms with Crippen LogP contribution in [0.3, 0.4) is 0 Å². The van der Waals surface area contributed by atoms with Gasteiger partial charge in [-0.1, -0.05) is 18.9 Å². The van der Waals surface area contributed by atoms with Gasteiger partial charge in [0, 0.05) is 31.3 Å². The first-order valence-electron chi connectivity index (χ1n) is 7.81. The number of carbonyl (C=O) groups excluding carboxylic acids is 2. The second-order valence-electron chi connectivity index (χ2n) is 6.01. The Balaban J connectivity index is 2.02. The van der Waals surface area contributed by atoms with E-state index >= 15 is 0 Å². The van der Waals surface area contributed by atoms with Gasteiger partial charge >= 0.3 is 0 Å². The Morgan fingerprint density at radius 2 is 1.91 bits per heavy atom. The zero-order valence-corrected chi connectivity index (χ0v) is 13.3. The quantitative estimate of drug-likeness (QED) is 0.871. The van der Waals surface area contributed by atoms with Crippen molar-refractivity contribution in [3.63, 3.8) is 0 Å². The molecule has 0 aromatic heterocycles. The number of hydrogen-bond acceptors (Lipinski definition) is 3. The second kappa shape index (κ2) is 6.92. The summed E-state index contributed by atoms with van der Waals surface area (Å²) in [5.74, 6) is -0.360. The Hall–Kier alpha value is -1.88. The monoisotopic (exact) mass is 304 g/mol. The minimum Gasteiger partial charge on any atom is -0.388 e. The van der Waals surface area contributed by atoms with Crippen LogP contribution in [0.25, 0.3) is 0 Å². The average molecular weight is 304 g/mol. The van der Waals surface area contributed by atoms with E-state index in [1.54, 1.807) is 36.2 Å². The molecule has 1 aliphatic rings. The Morgan fingerprint density at radius 3 is 2.55 bits per heavy atom. The lowest BCUT2D eigenvalue weighted by atomic mass is 10.0. The largest absolute Gasteiger partial charge is 0.388 e. The molecule has 0 aliphatic heterocycles. The summed E-state index contributed by atoms with van der Waals surface area (Å²) < 4.78 is 0. The van der Waals surface area contributed by atoms with E-state index in [1.165, 1.54) is 0 Å². The van der Waals surface area contributed by atoms with Gasteiger partial charge in [-0.25, -0.2) is 0 Å². The standard InChI is InChI=1S/C17H24N2O3/c1-3-19(2)16(21)14-8-6-7-13(11-14)15(20)18-12-17(22)9-4-5-10-17/h6-8,11,22H,3-5,9-10,12H2,1-2H3,(H,18,20). The topological polar surface area (TPSA) is 69.6 Å². The van der Waals surface area contributed by atoms with E-state index in [9.17, 15) is 14.7 Å². The molecular formula is C17H24N2O3. The maximum absolute atomic E-state index is 12.2. The molecule has 2 amide bonds. The van der Waals surface area contributed by atoms with E-state index < -0.39 is 5.60 Å². The number of nitrogens with one attached hydrogen (secondary N) is 1. The summed E-state index contributed by atoms with van der Waals surface area (Å²) in [6.07, 6.45) is 3.46. The van der Waals surface area contributed by atoms with Crippen molar-refractivity contribution in [3.8, 4) is 0 Å². The molecule has 0 spiro atoms. The molecule has 1 aromatic rings. The van der Waals surface area contributed by atoms with E-state index in [1.807, 2.05) is 6.92 Å². The summed E-state index contributed by atoms with van der Waals surface area (Å²) in [4.78, 5) is 25.9. The van der Waals surface area contributed by atoms with Crippen LogP contribution in [0, 0.1) is 0 Å². The fraction of sp³-hybridized carbons (Fsp3) is 0.529. The van der Waals surface area contributed by atoms with Crippen molar-refractivity contribution >= 4 is 11.8 Å². The van der Waals surface area contributed by atoms with Crippen molar-refractivity contribution in [2.24, 2.45) is 0 Å². The highest BCUT2D eigenvalue weighted by atomic mass is 16.3. The van der Waals surface area contributed by atoms with Crippen molar-refractivity contribution in [3.05, 3.63) is 35.4 Å². The molecular weight excluding hydrogens is 280 g/mol. The van der Waals surface area contributed by atoms with Crippen molar-refractivity contribution in [2.45, 2.75) is 38.2 Å². The molecule has 120 valence electrons. The highest BCUT2D eigenvalue weighted by Gasteiger charge is 2.31. The fourth-order valence-electron chi connectivity index (χ4n) is 2.71.